The lowest BCUT2D eigenvalue weighted by molar-refractivity contribution is -0.142. The summed E-state index contributed by atoms with van der Waals surface area (Å²) in [5.74, 6) is -2.34. The van der Waals surface area contributed by atoms with Gasteiger partial charge in [-0.3, -0.25) is 24.6 Å². The van der Waals surface area contributed by atoms with E-state index >= 15 is 0 Å². The van der Waals surface area contributed by atoms with Crippen LogP contribution in [0.15, 0.2) is 72.8 Å². The number of aryl methyl sites for hydroxylation is 1. The number of hydrogen-bond acceptors (Lipinski definition) is 4. The van der Waals surface area contributed by atoms with Crippen molar-refractivity contribution in [1.29, 1.82) is 0 Å². The Balaban J connectivity index is 1.42. The van der Waals surface area contributed by atoms with Gasteiger partial charge < -0.3 is 5.32 Å². The molecule has 3 aromatic rings. The molecule has 3 aliphatic heterocycles. The summed E-state index contributed by atoms with van der Waals surface area (Å²) in [6.45, 7) is 2.19. The molecular weight excluding hydrogens is 474 g/mol. The Hall–Kier alpha value is -3.48. The molecule has 1 spiro atoms. The quantitative estimate of drug-likeness (QED) is 0.523. The van der Waals surface area contributed by atoms with Gasteiger partial charge in [0, 0.05) is 18.2 Å². The van der Waals surface area contributed by atoms with Gasteiger partial charge in [0.1, 0.15) is 5.54 Å². The zero-order valence-corrected chi connectivity index (χ0v) is 20.6. The number of rotatable bonds is 5. The van der Waals surface area contributed by atoms with Crippen LogP contribution < -0.4 is 10.6 Å². The van der Waals surface area contributed by atoms with E-state index in [0.29, 0.717) is 29.1 Å². The number of imide groups is 1. The van der Waals surface area contributed by atoms with Crippen molar-refractivity contribution in [2.24, 2.45) is 11.8 Å². The predicted molar refractivity (Wildman–Crippen MR) is 137 cm³/mol. The molecule has 182 valence electrons. The molecule has 3 amide bonds. The number of anilines is 1. The van der Waals surface area contributed by atoms with Gasteiger partial charge in [-0.1, -0.05) is 78.3 Å². The highest BCUT2D eigenvalue weighted by molar-refractivity contribution is 6.35. The van der Waals surface area contributed by atoms with E-state index in [1.165, 1.54) is 4.90 Å². The van der Waals surface area contributed by atoms with E-state index in [0.717, 1.165) is 16.7 Å². The fourth-order valence-corrected chi connectivity index (χ4v) is 6.52. The number of fused-ring (bicyclic) bond motifs is 4. The lowest BCUT2D eigenvalue weighted by Gasteiger charge is -2.30. The lowest BCUT2D eigenvalue weighted by Crippen LogP contribution is -2.53. The molecule has 0 unspecified atom stereocenters. The number of likely N-dealkylation sites (tertiary alicyclic amines) is 1. The largest absolute Gasteiger partial charge is 0.323 e. The molecular formula is C29H26ClN3O3. The molecule has 0 aliphatic carbocycles. The Morgan fingerprint density at radius 3 is 2.28 bits per heavy atom. The summed E-state index contributed by atoms with van der Waals surface area (Å²) in [5, 5.41) is 6.84. The smallest absolute Gasteiger partial charge is 0.250 e. The number of nitrogens with zero attached hydrogens (tertiary/aromatic N) is 1. The first-order valence-corrected chi connectivity index (χ1v) is 12.6. The fraction of sp³-hybridized carbons (Fsp3) is 0.276. The highest BCUT2D eigenvalue weighted by Crippen LogP contribution is 2.54. The average Bonchev–Trinajstić information content (AvgIpc) is 3.44. The summed E-state index contributed by atoms with van der Waals surface area (Å²) >= 11 is 6.52. The maximum atomic E-state index is 14.0. The summed E-state index contributed by atoms with van der Waals surface area (Å²) in [5.41, 5.74) is 2.79. The van der Waals surface area contributed by atoms with Crippen LogP contribution in [-0.2, 0) is 32.8 Å². The molecule has 2 saturated heterocycles. The standard InChI is InChI=1S/C29H26ClN3O3/c1-17-14-20-25(21(30)15-17)31-28(36)29(20)24-23(22(32-29)16-19-10-6-3-7-11-19)26(34)33(27(24)35)13-12-18-8-4-2-5-9-18/h2-11,14-15,22-24,32H,12-13,16H2,1H3,(H,31,36)/t22-,23-,24+,29+/m1/s1. The zero-order chi connectivity index (χ0) is 25.0. The first-order chi connectivity index (χ1) is 17.4. The molecule has 2 fully saturated rings. The van der Waals surface area contributed by atoms with Crippen molar-refractivity contribution in [2.45, 2.75) is 31.3 Å². The Morgan fingerprint density at radius 1 is 0.917 bits per heavy atom. The molecule has 3 aromatic carbocycles. The number of amides is 3. The molecule has 0 aromatic heterocycles. The van der Waals surface area contributed by atoms with Crippen molar-refractivity contribution in [3.8, 4) is 0 Å². The van der Waals surface area contributed by atoms with E-state index in [4.69, 9.17) is 11.6 Å². The van der Waals surface area contributed by atoms with Gasteiger partial charge in [0.25, 0.3) is 0 Å². The van der Waals surface area contributed by atoms with Crippen molar-refractivity contribution >= 4 is 35.0 Å². The van der Waals surface area contributed by atoms with Gasteiger partial charge in [-0.2, -0.15) is 0 Å². The van der Waals surface area contributed by atoms with E-state index in [1.807, 2.05) is 73.7 Å². The molecule has 4 atom stereocenters. The highest BCUT2D eigenvalue weighted by Gasteiger charge is 2.70. The van der Waals surface area contributed by atoms with Gasteiger partial charge in [-0.25, -0.2) is 0 Å². The van der Waals surface area contributed by atoms with Gasteiger partial charge >= 0.3 is 0 Å². The Bertz CT molecular complexity index is 1380. The first kappa shape index (κ1) is 23.0. The molecule has 0 saturated carbocycles. The second-order valence-electron chi connectivity index (χ2n) is 9.94. The van der Waals surface area contributed by atoms with Gasteiger partial charge in [0.05, 0.1) is 22.5 Å². The third kappa shape index (κ3) is 3.39. The van der Waals surface area contributed by atoms with Crippen LogP contribution >= 0.6 is 11.6 Å². The minimum Gasteiger partial charge on any atom is -0.323 e. The Morgan fingerprint density at radius 2 is 1.58 bits per heavy atom. The molecule has 0 radical (unpaired) electrons. The summed E-state index contributed by atoms with van der Waals surface area (Å²) in [6.07, 6.45) is 1.09. The van der Waals surface area contributed by atoms with Crippen LogP contribution in [0.25, 0.3) is 0 Å². The fourth-order valence-electron chi connectivity index (χ4n) is 6.20. The zero-order valence-electron chi connectivity index (χ0n) is 19.8. The third-order valence-corrected chi connectivity index (χ3v) is 8.07. The summed E-state index contributed by atoms with van der Waals surface area (Å²) in [6, 6.07) is 22.9. The van der Waals surface area contributed by atoms with Gasteiger partial charge in [-0.15, -0.1) is 0 Å². The lowest BCUT2D eigenvalue weighted by atomic mass is 9.76. The topological polar surface area (TPSA) is 78.5 Å². The van der Waals surface area contributed by atoms with Crippen molar-refractivity contribution in [3.63, 3.8) is 0 Å². The van der Waals surface area contributed by atoms with Crippen molar-refractivity contribution in [3.05, 3.63) is 100 Å². The normalized spacial score (nSPS) is 26.4. The second kappa shape index (κ2) is 8.57. The van der Waals surface area contributed by atoms with Crippen molar-refractivity contribution < 1.29 is 14.4 Å². The summed E-state index contributed by atoms with van der Waals surface area (Å²) in [4.78, 5) is 42.8. The number of nitrogens with one attached hydrogen (secondary N) is 2. The van der Waals surface area contributed by atoms with Gasteiger partial charge in [0.2, 0.25) is 17.7 Å². The maximum absolute atomic E-state index is 14.0. The maximum Gasteiger partial charge on any atom is 0.250 e. The Labute approximate surface area is 214 Å². The van der Waals surface area contributed by atoms with Crippen molar-refractivity contribution in [1.82, 2.24) is 10.2 Å². The third-order valence-electron chi connectivity index (χ3n) is 7.78. The number of benzene rings is 3. The second-order valence-corrected chi connectivity index (χ2v) is 10.3. The molecule has 3 aliphatic rings. The van der Waals surface area contributed by atoms with E-state index < -0.39 is 17.4 Å². The minimum absolute atomic E-state index is 0.216. The first-order valence-electron chi connectivity index (χ1n) is 12.2. The number of hydrogen-bond donors (Lipinski definition) is 2. The van der Waals surface area contributed by atoms with Crippen molar-refractivity contribution in [2.75, 3.05) is 11.9 Å². The van der Waals surface area contributed by atoms with Crippen LogP contribution in [0.5, 0.6) is 0 Å². The van der Waals surface area contributed by atoms with E-state index in [1.54, 1.807) is 6.07 Å². The van der Waals surface area contributed by atoms with Crippen LogP contribution in [0.2, 0.25) is 5.02 Å². The number of carbonyl (C=O) groups is 3. The van der Waals surface area contributed by atoms with Crippen LogP contribution in [0.4, 0.5) is 5.69 Å². The highest BCUT2D eigenvalue weighted by atomic mass is 35.5. The SMILES string of the molecule is Cc1cc(Cl)c2c(c1)[C@@]1(N[C@H](Cc3ccccc3)[C@H]3C(=O)N(CCc4ccccc4)C(=O)[C@H]31)C(=O)N2. The van der Waals surface area contributed by atoms with Crippen LogP contribution in [0.1, 0.15) is 22.3 Å². The molecule has 3 heterocycles. The average molecular weight is 500 g/mol. The number of carbonyl (C=O) groups excluding carboxylic acids is 3. The van der Waals surface area contributed by atoms with E-state index in [-0.39, 0.29) is 30.3 Å². The molecule has 36 heavy (non-hydrogen) atoms. The van der Waals surface area contributed by atoms with Crippen LogP contribution in [-0.4, -0.2) is 35.2 Å². The van der Waals surface area contributed by atoms with Crippen LogP contribution in [0.3, 0.4) is 0 Å². The monoisotopic (exact) mass is 499 g/mol. The Kier molecular flexibility index (Phi) is 5.47. The molecule has 6 rings (SSSR count). The van der Waals surface area contributed by atoms with Gasteiger partial charge in [0.15, 0.2) is 0 Å². The van der Waals surface area contributed by atoms with E-state index in [9.17, 15) is 14.4 Å². The van der Waals surface area contributed by atoms with Gasteiger partial charge in [-0.05, 0) is 42.5 Å². The molecule has 0 bridgehead atoms. The molecule has 2 N–H and O–H groups in total. The number of halogens is 1. The van der Waals surface area contributed by atoms with E-state index in [2.05, 4.69) is 10.6 Å². The van der Waals surface area contributed by atoms with Crippen LogP contribution in [0, 0.1) is 18.8 Å². The summed E-state index contributed by atoms with van der Waals surface area (Å²) in [7, 11) is 0. The minimum atomic E-state index is -1.34. The molecule has 7 heteroatoms. The predicted octanol–water partition coefficient (Wildman–Crippen LogP) is 3.85. The summed E-state index contributed by atoms with van der Waals surface area (Å²) < 4.78 is 0. The molecule has 6 nitrogen and oxygen atoms in total.